The number of aliphatic hydroxyl groups excluding tert-OH is 1. The van der Waals surface area contributed by atoms with E-state index in [0.29, 0.717) is 32.2 Å². The fourth-order valence-corrected chi connectivity index (χ4v) is 3.49. The monoisotopic (exact) mass is 349 g/mol. The summed E-state index contributed by atoms with van der Waals surface area (Å²) < 4.78 is 8.02. The van der Waals surface area contributed by atoms with Gasteiger partial charge in [-0.05, 0) is 20.2 Å². The van der Waals surface area contributed by atoms with Crippen LogP contribution < -0.4 is 4.74 Å². The van der Waals surface area contributed by atoms with E-state index in [0.717, 1.165) is 6.54 Å². The van der Waals surface area contributed by atoms with Crippen molar-refractivity contribution in [1.82, 2.24) is 14.7 Å². The number of nitrogens with zero attached hydrogens (tertiary/aromatic N) is 3. The van der Waals surface area contributed by atoms with Crippen molar-refractivity contribution in [1.29, 1.82) is 0 Å². The number of hydrogen-bond donors (Lipinski definition) is 1. The van der Waals surface area contributed by atoms with Gasteiger partial charge in [-0.25, -0.2) is 0 Å². The van der Waals surface area contributed by atoms with E-state index in [9.17, 15) is 5.11 Å². The van der Waals surface area contributed by atoms with Crippen LogP contribution in [-0.2, 0) is 6.54 Å². The molecule has 1 unspecified atom stereocenters. The van der Waals surface area contributed by atoms with Crippen molar-refractivity contribution in [3.63, 3.8) is 0 Å². The number of halogens is 2. The molecule has 116 valence electrons. The average molecular weight is 350 g/mol. The lowest BCUT2D eigenvalue weighted by atomic mass is 10.1. The van der Waals surface area contributed by atoms with Gasteiger partial charge in [0.05, 0.1) is 24.2 Å². The minimum absolute atomic E-state index is 0.468. The molecule has 2 heterocycles. The van der Waals surface area contributed by atoms with Crippen molar-refractivity contribution in [2.24, 2.45) is 0 Å². The maximum absolute atomic E-state index is 10.6. The van der Waals surface area contributed by atoms with E-state index < -0.39 is 6.10 Å². The van der Waals surface area contributed by atoms with E-state index >= 15 is 0 Å². The molecule has 0 aliphatic heterocycles. The van der Waals surface area contributed by atoms with E-state index in [1.807, 2.05) is 19.0 Å². The lowest BCUT2D eigenvalue weighted by molar-refractivity contribution is 0.201. The van der Waals surface area contributed by atoms with Gasteiger partial charge in [-0.15, -0.1) is 11.3 Å². The molecule has 1 N–H and O–H groups in total. The number of likely N-dealkylation sites (N-methyl/N-ethyl adjacent to an activating group) is 1. The first-order valence-corrected chi connectivity index (χ1v) is 7.88. The van der Waals surface area contributed by atoms with Crippen molar-refractivity contribution >= 4 is 34.5 Å². The van der Waals surface area contributed by atoms with Crippen molar-refractivity contribution in [3.05, 3.63) is 32.2 Å². The lowest BCUT2D eigenvalue weighted by Gasteiger charge is -2.16. The zero-order valence-electron chi connectivity index (χ0n) is 12.0. The van der Waals surface area contributed by atoms with Crippen LogP contribution in [0.4, 0.5) is 0 Å². The summed E-state index contributed by atoms with van der Waals surface area (Å²) in [7, 11) is 5.50. The Labute approximate surface area is 137 Å². The number of ether oxygens (including phenoxy) is 1. The first-order valence-electron chi connectivity index (χ1n) is 6.31. The van der Waals surface area contributed by atoms with Crippen molar-refractivity contribution in [2.75, 3.05) is 27.7 Å². The second-order valence-electron chi connectivity index (χ2n) is 4.81. The van der Waals surface area contributed by atoms with Gasteiger partial charge in [0.15, 0.2) is 5.75 Å². The molecule has 0 amide bonds. The predicted molar refractivity (Wildman–Crippen MR) is 85.7 cm³/mol. The number of aromatic nitrogens is 2. The highest BCUT2D eigenvalue weighted by Gasteiger charge is 2.25. The van der Waals surface area contributed by atoms with Crippen LogP contribution in [0.1, 0.15) is 17.4 Å². The Morgan fingerprint density at radius 3 is 2.71 bits per heavy atom. The molecule has 21 heavy (non-hydrogen) atoms. The summed E-state index contributed by atoms with van der Waals surface area (Å²) in [6.45, 7) is 1.43. The van der Waals surface area contributed by atoms with E-state index in [4.69, 9.17) is 27.9 Å². The third-order valence-corrected chi connectivity index (χ3v) is 4.58. The molecule has 0 fully saturated rings. The molecule has 0 aromatic carbocycles. The highest BCUT2D eigenvalue weighted by Crippen LogP contribution is 2.39. The molecule has 0 saturated heterocycles. The van der Waals surface area contributed by atoms with Crippen LogP contribution in [0, 0.1) is 0 Å². The number of methoxy groups -OCH3 is 1. The summed E-state index contributed by atoms with van der Waals surface area (Å²) >= 11 is 13.3. The predicted octanol–water partition coefficient (Wildman–Crippen LogP) is 2.90. The number of thiophene rings is 1. The molecule has 5 nitrogen and oxygen atoms in total. The number of hydrogen-bond acceptors (Lipinski definition) is 5. The zero-order chi connectivity index (χ0) is 15.6. The minimum atomic E-state index is -0.930. The quantitative estimate of drug-likeness (QED) is 0.870. The molecule has 0 bridgehead atoms. The van der Waals surface area contributed by atoms with Gasteiger partial charge >= 0.3 is 0 Å². The van der Waals surface area contributed by atoms with Crippen LogP contribution in [0.5, 0.6) is 5.75 Å². The summed E-state index contributed by atoms with van der Waals surface area (Å²) in [6, 6.07) is 1.67. The maximum atomic E-state index is 10.6. The summed E-state index contributed by atoms with van der Waals surface area (Å²) in [4.78, 5) is 2.04. The molecule has 8 heteroatoms. The van der Waals surface area contributed by atoms with Crippen LogP contribution in [0.15, 0.2) is 12.3 Å². The average Bonchev–Trinajstić information content (AvgIpc) is 2.98. The van der Waals surface area contributed by atoms with Crippen LogP contribution in [0.2, 0.25) is 8.67 Å². The standard InChI is InChI=1S/C13H17Cl2N3O2S/c1-17(2)4-5-18-11(9(20-3)7-16-18)12(19)8-6-10(14)21-13(8)15/h6-7,12,19H,4-5H2,1-3H3. The van der Waals surface area contributed by atoms with E-state index in [-0.39, 0.29) is 0 Å². The SMILES string of the molecule is COc1cnn(CCN(C)C)c1C(O)c1cc(Cl)sc1Cl. The topological polar surface area (TPSA) is 50.5 Å². The number of rotatable bonds is 6. The zero-order valence-corrected chi connectivity index (χ0v) is 14.3. The normalized spacial score (nSPS) is 12.9. The van der Waals surface area contributed by atoms with Gasteiger partial charge in [0.1, 0.15) is 16.1 Å². The molecular weight excluding hydrogens is 333 g/mol. The molecule has 0 spiro atoms. The molecular formula is C13H17Cl2N3O2S. The summed E-state index contributed by atoms with van der Waals surface area (Å²) in [5, 5.41) is 14.9. The molecule has 0 radical (unpaired) electrons. The van der Waals surface area contributed by atoms with Crippen molar-refractivity contribution in [3.8, 4) is 5.75 Å². The van der Waals surface area contributed by atoms with E-state index in [1.54, 1.807) is 24.1 Å². The van der Waals surface area contributed by atoms with Gasteiger partial charge in [-0.2, -0.15) is 5.10 Å². The van der Waals surface area contributed by atoms with E-state index in [1.165, 1.54) is 11.3 Å². The molecule has 2 rings (SSSR count). The molecule has 0 saturated carbocycles. The second kappa shape index (κ2) is 6.98. The highest BCUT2D eigenvalue weighted by atomic mass is 35.5. The van der Waals surface area contributed by atoms with Crippen LogP contribution in [0.3, 0.4) is 0 Å². The Bertz CT molecular complexity index is 613. The second-order valence-corrected chi connectivity index (χ2v) is 7.09. The smallest absolute Gasteiger partial charge is 0.163 e. The Morgan fingerprint density at radius 2 is 2.19 bits per heavy atom. The molecule has 1 atom stereocenters. The van der Waals surface area contributed by atoms with Crippen LogP contribution in [0.25, 0.3) is 0 Å². The Hall–Kier alpha value is -0.790. The fraction of sp³-hybridized carbons (Fsp3) is 0.462. The van der Waals surface area contributed by atoms with Gasteiger partial charge in [-0.1, -0.05) is 23.2 Å². The Kier molecular flexibility index (Phi) is 5.51. The Balaban J connectivity index is 2.36. The summed E-state index contributed by atoms with van der Waals surface area (Å²) in [5.74, 6) is 0.527. The van der Waals surface area contributed by atoms with Gasteiger partial charge in [0.25, 0.3) is 0 Å². The molecule has 0 aliphatic carbocycles. The third kappa shape index (κ3) is 3.70. The summed E-state index contributed by atoms with van der Waals surface area (Å²) in [5.41, 5.74) is 1.15. The Morgan fingerprint density at radius 1 is 1.48 bits per heavy atom. The van der Waals surface area contributed by atoms with Crippen molar-refractivity contribution < 1.29 is 9.84 Å². The van der Waals surface area contributed by atoms with Crippen molar-refractivity contribution in [2.45, 2.75) is 12.6 Å². The summed E-state index contributed by atoms with van der Waals surface area (Å²) in [6.07, 6.45) is 0.664. The number of aliphatic hydroxyl groups is 1. The molecule has 2 aromatic rings. The first-order chi connectivity index (χ1) is 9.93. The minimum Gasteiger partial charge on any atom is -0.493 e. The largest absolute Gasteiger partial charge is 0.493 e. The molecule has 0 aliphatic rings. The van der Waals surface area contributed by atoms with Crippen LogP contribution in [-0.4, -0.2) is 47.5 Å². The maximum Gasteiger partial charge on any atom is 0.163 e. The molecule has 2 aromatic heterocycles. The van der Waals surface area contributed by atoms with Gasteiger partial charge in [0.2, 0.25) is 0 Å². The highest BCUT2D eigenvalue weighted by molar-refractivity contribution is 7.20. The van der Waals surface area contributed by atoms with Gasteiger partial charge in [0, 0.05) is 12.1 Å². The fourth-order valence-electron chi connectivity index (χ4n) is 1.97. The third-order valence-electron chi connectivity index (χ3n) is 3.06. The van der Waals surface area contributed by atoms with E-state index in [2.05, 4.69) is 5.10 Å². The van der Waals surface area contributed by atoms with Gasteiger partial charge < -0.3 is 14.7 Å². The first kappa shape index (κ1) is 16.6. The lowest BCUT2D eigenvalue weighted by Crippen LogP contribution is -2.21. The van der Waals surface area contributed by atoms with Gasteiger partial charge in [-0.3, -0.25) is 4.68 Å². The van der Waals surface area contributed by atoms with Crippen LogP contribution >= 0.6 is 34.5 Å².